The summed E-state index contributed by atoms with van der Waals surface area (Å²) in [5, 5.41) is 12.8. The number of aromatic carboxylic acids is 1. The van der Waals surface area contributed by atoms with Crippen molar-refractivity contribution in [3.05, 3.63) is 52.1 Å². The van der Waals surface area contributed by atoms with E-state index in [1.54, 1.807) is 6.07 Å². The van der Waals surface area contributed by atoms with Crippen LogP contribution in [0.2, 0.25) is 0 Å². The molecule has 1 saturated carbocycles. The number of carboxylic acid groups (broad SMARTS) is 1. The lowest BCUT2D eigenvalue weighted by molar-refractivity contribution is 0.0694. The molecule has 2 aliphatic carbocycles. The van der Waals surface area contributed by atoms with E-state index in [0.717, 1.165) is 38.5 Å². The van der Waals surface area contributed by atoms with Crippen LogP contribution >= 0.6 is 0 Å². The van der Waals surface area contributed by atoms with Crippen LogP contribution in [0.15, 0.2) is 35.3 Å². The Bertz CT molecular complexity index is 966. The third-order valence-electron chi connectivity index (χ3n) is 5.69. The molecule has 1 aromatic carbocycles. The number of carboxylic acids is 1. The summed E-state index contributed by atoms with van der Waals surface area (Å²) in [7, 11) is 0. The van der Waals surface area contributed by atoms with E-state index in [0.29, 0.717) is 11.2 Å². The van der Waals surface area contributed by atoms with Crippen molar-refractivity contribution < 1.29 is 14.3 Å². The van der Waals surface area contributed by atoms with E-state index < -0.39 is 17.2 Å². The van der Waals surface area contributed by atoms with E-state index in [9.17, 15) is 19.1 Å². The maximum absolute atomic E-state index is 14.7. The summed E-state index contributed by atoms with van der Waals surface area (Å²) in [5.74, 6) is -1.80. The Morgan fingerprint density at radius 2 is 1.85 bits per heavy atom. The van der Waals surface area contributed by atoms with Crippen molar-refractivity contribution in [3.63, 3.8) is 0 Å². The average Bonchev–Trinajstić information content (AvgIpc) is 3.18. The van der Waals surface area contributed by atoms with Crippen molar-refractivity contribution in [2.45, 2.75) is 57.0 Å². The molecule has 0 aliphatic heterocycles. The molecule has 6 heteroatoms. The highest BCUT2D eigenvalue weighted by Gasteiger charge is 2.22. The normalized spacial score (nSPS) is 18.3. The van der Waals surface area contributed by atoms with Crippen LogP contribution < -0.4 is 10.7 Å². The topological polar surface area (TPSA) is 71.3 Å². The summed E-state index contributed by atoms with van der Waals surface area (Å²) in [6, 6.07) is 3.13. The van der Waals surface area contributed by atoms with Gasteiger partial charge in [-0.2, -0.15) is 0 Å². The van der Waals surface area contributed by atoms with Crippen LogP contribution in [0.1, 0.15) is 61.3 Å². The molecule has 4 rings (SSSR count). The van der Waals surface area contributed by atoms with E-state index >= 15 is 0 Å². The van der Waals surface area contributed by atoms with Gasteiger partial charge in [0, 0.05) is 23.7 Å². The van der Waals surface area contributed by atoms with Gasteiger partial charge in [0.1, 0.15) is 11.4 Å². The second-order valence-electron chi connectivity index (χ2n) is 7.51. The zero-order valence-electron chi connectivity index (χ0n) is 15.1. The largest absolute Gasteiger partial charge is 0.477 e. The smallest absolute Gasteiger partial charge is 0.341 e. The summed E-state index contributed by atoms with van der Waals surface area (Å²) >= 11 is 0. The van der Waals surface area contributed by atoms with E-state index in [1.165, 1.54) is 18.7 Å². The molecule has 0 radical (unpaired) electrons. The number of anilines is 1. The van der Waals surface area contributed by atoms with Crippen LogP contribution in [0.4, 0.5) is 10.1 Å². The van der Waals surface area contributed by atoms with Gasteiger partial charge in [-0.1, -0.05) is 31.4 Å². The van der Waals surface area contributed by atoms with Crippen molar-refractivity contribution in [2.24, 2.45) is 0 Å². The number of benzene rings is 1. The number of hydrogen-bond donors (Lipinski definition) is 2. The highest BCUT2D eigenvalue weighted by molar-refractivity contribution is 5.93. The zero-order chi connectivity index (χ0) is 19.0. The molecule has 0 saturated heterocycles. The summed E-state index contributed by atoms with van der Waals surface area (Å²) in [6.07, 6.45) is 12.5. The number of rotatable bonds is 4. The van der Waals surface area contributed by atoms with Crippen LogP contribution in [0.5, 0.6) is 0 Å². The summed E-state index contributed by atoms with van der Waals surface area (Å²) in [4.78, 5) is 24.1. The van der Waals surface area contributed by atoms with Gasteiger partial charge in [0.15, 0.2) is 0 Å². The molecule has 0 amide bonds. The molecule has 5 nitrogen and oxygen atoms in total. The number of halogens is 1. The molecule has 2 aromatic rings. The number of carbonyl (C=O) groups is 1. The highest BCUT2D eigenvalue weighted by Crippen LogP contribution is 2.31. The Morgan fingerprint density at radius 3 is 2.52 bits per heavy atom. The third-order valence-corrected chi connectivity index (χ3v) is 5.69. The number of fused-ring (bicyclic) bond motifs is 1. The molecule has 2 N–H and O–H groups in total. The minimum atomic E-state index is -1.29. The maximum Gasteiger partial charge on any atom is 0.341 e. The Kier molecular flexibility index (Phi) is 4.72. The van der Waals surface area contributed by atoms with Gasteiger partial charge in [0.2, 0.25) is 5.43 Å². The zero-order valence-corrected chi connectivity index (χ0v) is 15.1. The van der Waals surface area contributed by atoms with E-state index in [2.05, 4.69) is 5.32 Å². The molecule has 1 heterocycles. The molecule has 142 valence electrons. The second-order valence-corrected chi connectivity index (χ2v) is 7.51. The van der Waals surface area contributed by atoms with Crippen molar-refractivity contribution in [2.75, 3.05) is 5.32 Å². The fraction of sp³-hybridized carbons (Fsp3) is 0.429. The lowest BCUT2D eigenvalue weighted by Crippen LogP contribution is -2.24. The lowest BCUT2D eigenvalue weighted by atomic mass is 9.95. The van der Waals surface area contributed by atoms with Crippen LogP contribution in [-0.2, 0) is 0 Å². The van der Waals surface area contributed by atoms with Gasteiger partial charge >= 0.3 is 5.97 Å². The van der Waals surface area contributed by atoms with Gasteiger partial charge in [-0.05, 0) is 37.8 Å². The maximum atomic E-state index is 14.7. The van der Waals surface area contributed by atoms with Gasteiger partial charge in [0.05, 0.1) is 11.2 Å². The van der Waals surface area contributed by atoms with Gasteiger partial charge in [-0.25, -0.2) is 9.18 Å². The molecular formula is C21H23FN2O3. The number of nitrogens with zero attached hydrogens (tertiary/aromatic N) is 1. The average molecular weight is 370 g/mol. The number of nitrogens with one attached hydrogen (secondary N) is 1. The van der Waals surface area contributed by atoms with Crippen LogP contribution in [0.25, 0.3) is 10.9 Å². The molecule has 27 heavy (non-hydrogen) atoms. The number of hydrogen-bond acceptors (Lipinski definition) is 3. The SMILES string of the molecule is O=C(O)c1cn(C2CC=CC2)c2cc(NC3CCCCC3)c(F)cc2c1=O. The summed E-state index contributed by atoms with van der Waals surface area (Å²) < 4.78 is 16.6. The Morgan fingerprint density at radius 1 is 1.15 bits per heavy atom. The van der Waals surface area contributed by atoms with Crippen molar-refractivity contribution in [1.82, 2.24) is 4.57 Å². The minimum absolute atomic E-state index is 0.0409. The molecule has 0 atom stereocenters. The minimum Gasteiger partial charge on any atom is -0.477 e. The van der Waals surface area contributed by atoms with E-state index in [1.807, 2.05) is 16.7 Å². The highest BCUT2D eigenvalue weighted by atomic mass is 19.1. The Labute approximate surface area is 156 Å². The van der Waals surface area contributed by atoms with Gasteiger partial charge in [-0.3, -0.25) is 4.79 Å². The quantitative estimate of drug-likeness (QED) is 0.779. The molecule has 0 unspecified atom stereocenters. The van der Waals surface area contributed by atoms with Crippen LogP contribution in [0, 0.1) is 5.82 Å². The summed E-state index contributed by atoms with van der Waals surface area (Å²) in [5.41, 5.74) is 0.0135. The number of aromatic nitrogens is 1. The third kappa shape index (κ3) is 3.36. The van der Waals surface area contributed by atoms with Crippen molar-refractivity contribution in [3.8, 4) is 0 Å². The van der Waals surface area contributed by atoms with Crippen molar-refractivity contribution in [1.29, 1.82) is 0 Å². The lowest BCUT2D eigenvalue weighted by Gasteiger charge is -2.25. The molecule has 0 bridgehead atoms. The van der Waals surface area contributed by atoms with Gasteiger partial charge < -0.3 is 15.0 Å². The second kappa shape index (κ2) is 7.18. The summed E-state index contributed by atoms with van der Waals surface area (Å²) in [6.45, 7) is 0. The molecule has 1 fully saturated rings. The predicted molar refractivity (Wildman–Crippen MR) is 103 cm³/mol. The van der Waals surface area contributed by atoms with Crippen LogP contribution in [0.3, 0.4) is 0 Å². The van der Waals surface area contributed by atoms with Gasteiger partial charge in [-0.15, -0.1) is 0 Å². The van der Waals surface area contributed by atoms with E-state index in [4.69, 9.17) is 0 Å². The first-order valence-corrected chi connectivity index (χ1v) is 9.58. The van der Waals surface area contributed by atoms with Crippen LogP contribution in [-0.4, -0.2) is 21.7 Å². The first kappa shape index (κ1) is 17.8. The Balaban J connectivity index is 1.85. The first-order valence-electron chi connectivity index (χ1n) is 9.58. The number of pyridine rings is 1. The predicted octanol–water partition coefficient (Wildman–Crippen LogP) is 4.47. The fourth-order valence-electron chi connectivity index (χ4n) is 4.23. The molecular weight excluding hydrogens is 347 g/mol. The van der Waals surface area contributed by atoms with Gasteiger partial charge in [0.25, 0.3) is 0 Å². The number of allylic oxidation sites excluding steroid dienone is 2. The fourth-order valence-corrected chi connectivity index (χ4v) is 4.23. The molecule has 1 aromatic heterocycles. The monoisotopic (exact) mass is 370 g/mol. The Hall–Kier alpha value is -2.63. The van der Waals surface area contributed by atoms with Crippen molar-refractivity contribution >= 4 is 22.6 Å². The standard InChI is InChI=1S/C21H23FN2O3/c22-17-10-15-19(11-18(17)23-13-6-2-1-3-7-13)24(14-8-4-5-9-14)12-16(20(15)25)21(26)27/h4-5,10-14,23H,1-3,6-9H2,(H,26,27). The molecule has 2 aliphatic rings. The van der Waals surface area contributed by atoms with E-state index in [-0.39, 0.29) is 23.0 Å². The first-order chi connectivity index (χ1) is 13.0. The molecule has 0 spiro atoms.